The van der Waals surface area contributed by atoms with Gasteiger partial charge >= 0.3 is 0 Å². The lowest BCUT2D eigenvalue weighted by Crippen LogP contribution is -2.36. The Kier molecular flexibility index (Phi) is 4.96. The molecule has 0 saturated carbocycles. The highest BCUT2D eigenvalue weighted by molar-refractivity contribution is 7.90. The monoisotopic (exact) mass is 442 g/mol. The molecule has 0 atom stereocenters. The van der Waals surface area contributed by atoms with Crippen molar-refractivity contribution in [2.45, 2.75) is 6.42 Å². The summed E-state index contributed by atoms with van der Waals surface area (Å²) in [6, 6.07) is 10.1. The number of aromatic amines is 1. The second-order valence-electron chi connectivity index (χ2n) is 7.52. The van der Waals surface area contributed by atoms with Crippen molar-refractivity contribution in [1.82, 2.24) is 15.0 Å². The van der Waals surface area contributed by atoms with Gasteiger partial charge in [0.25, 0.3) is 0 Å². The molecule has 156 valence electrons. The van der Waals surface area contributed by atoms with Crippen LogP contribution in [0.3, 0.4) is 0 Å². The molecule has 0 unspecified atom stereocenters. The molecule has 1 aromatic carbocycles. The van der Waals surface area contributed by atoms with Gasteiger partial charge < -0.3 is 14.6 Å². The molecule has 9 heteroatoms. The third-order valence-corrected chi connectivity index (χ3v) is 7.40. The fourth-order valence-electron chi connectivity index (χ4n) is 3.76. The molecule has 1 aliphatic rings. The number of aromatic nitrogens is 3. The lowest BCUT2D eigenvalue weighted by molar-refractivity contribution is 0.122. The fraction of sp³-hybridized carbons (Fsp3) is 0.333. The zero-order valence-electron chi connectivity index (χ0n) is 16.6. The van der Waals surface area contributed by atoms with E-state index in [9.17, 15) is 8.42 Å². The van der Waals surface area contributed by atoms with Crippen LogP contribution in [0.1, 0.15) is 4.88 Å². The maximum Gasteiger partial charge on any atom is 0.162 e. The number of hydrogen-bond donors (Lipinski definition) is 1. The first kappa shape index (κ1) is 19.5. The van der Waals surface area contributed by atoms with Crippen LogP contribution in [0, 0.1) is 0 Å². The van der Waals surface area contributed by atoms with Crippen molar-refractivity contribution in [2.75, 3.05) is 43.2 Å². The molecule has 0 amide bonds. The number of H-pyrrole nitrogens is 1. The highest BCUT2D eigenvalue weighted by atomic mass is 32.2. The van der Waals surface area contributed by atoms with Crippen LogP contribution in [0.15, 0.2) is 36.5 Å². The number of morpholine rings is 1. The third kappa shape index (κ3) is 3.80. The lowest BCUT2D eigenvalue weighted by Gasteiger charge is -2.28. The smallest absolute Gasteiger partial charge is 0.162 e. The Morgan fingerprint density at radius 1 is 1.20 bits per heavy atom. The van der Waals surface area contributed by atoms with E-state index in [0.717, 1.165) is 50.5 Å². The topological polar surface area (TPSA) is 88.2 Å². The molecule has 3 aromatic heterocycles. The molecule has 4 heterocycles. The predicted octanol–water partition coefficient (Wildman–Crippen LogP) is 3.26. The van der Waals surface area contributed by atoms with Crippen molar-refractivity contribution in [1.29, 1.82) is 0 Å². The number of ether oxygens (including phenoxy) is 1. The second kappa shape index (κ2) is 7.64. The van der Waals surface area contributed by atoms with Crippen LogP contribution >= 0.6 is 11.3 Å². The van der Waals surface area contributed by atoms with Gasteiger partial charge in [-0.05, 0) is 24.6 Å². The Morgan fingerprint density at radius 3 is 2.83 bits per heavy atom. The summed E-state index contributed by atoms with van der Waals surface area (Å²) in [5, 5.41) is 1.08. The van der Waals surface area contributed by atoms with Gasteiger partial charge in [-0.1, -0.05) is 12.1 Å². The molecule has 0 radical (unpaired) electrons. The summed E-state index contributed by atoms with van der Waals surface area (Å²) in [7, 11) is -3.02. The third-order valence-electron chi connectivity index (χ3n) is 5.27. The molecular formula is C21H22N4O3S2. The molecule has 1 aliphatic heterocycles. The van der Waals surface area contributed by atoms with E-state index >= 15 is 0 Å². The van der Waals surface area contributed by atoms with E-state index in [4.69, 9.17) is 14.7 Å². The SMILES string of the molecule is CS(=O)(=O)CCc1cc2nc(-c3cccc4[nH]ccc34)nc(N3CCOCC3)c2s1. The number of hydrogen-bond acceptors (Lipinski definition) is 7. The van der Waals surface area contributed by atoms with Crippen LogP contribution in [-0.2, 0) is 21.0 Å². The second-order valence-corrected chi connectivity index (χ2v) is 10.9. The van der Waals surface area contributed by atoms with E-state index in [-0.39, 0.29) is 5.75 Å². The van der Waals surface area contributed by atoms with Crippen molar-refractivity contribution < 1.29 is 13.2 Å². The summed E-state index contributed by atoms with van der Waals surface area (Å²) < 4.78 is 29.8. The normalized spacial score (nSPS) is 15.3. The zero-order chi connectivity index (χ0) is 20.7. The van der Waals surface area contributed by atoms with Crippen molar-refractivity contribution in [3.05, 3.63) is 41.4 Å². The zero-order valence-corrected chi connectivity index (χ0v) is 18.2. The largest absolute Gasteiger partial charge is 0.378 e. The molecule has 5 rings (SSSR count). The summed E-state index contributed by atoms with van der Waals surface area (Å²) in [6.45, 7) is 2.88. The fourth-order valence-corrected chi connectivity index (χ4v) is 5.60. The van der Waals surface area contributed by atoms with Crippen LogP contribution < -0.4 is 4.90 Å². The molecule has 0 spiro atoms. The summed E-state index contributed by atoms with van der Waals surface area (Å²) >= 11 is 1.59. The summed E-state index contributed by atoms with van der Waals surface area (Å²) in [5.41, 5.74) is 2.89. The van der Waals surface area contributed by atoms with Crippen molar-refractivity contribution in [3.63, 3.8) is 0 Å². The van der Waals surface area contributed by atoms with Crippen molar-refractivity contribution in [3.8, 4) is 11.4 Å². The summed E-state index contributed by atoms with van der Waals surface area (Å²) in [6.07, 6.45) is 3.68. The number of anilines is 1. The molecular weight excluding hydrogens is 420 g/mol. The van der Waals surface area contributed by atoms with Crippen LogP contribution in [-0.4, -0.2) is 61.7 Å². The van der Waals surface area contributed by atoms with Gasteiger partial charge in [0.2, 0.25) is 0 Å². The maximum absolute atomic E-state index is 11.6. The summed E-state index contributed by atoms with van der Waals surface area (Å²) in [5.74, 6) is 1.72. The van der Waals surface area contributed by atoms with Crippen molar-refractivity contribution in [2.24, 2.45) is 0 Å². The number of sulfone groups is 1. The molecule has 4 aromatic rings. The average Bonchev–Trinajstić information content (AvgIpc) is 3.38. The Morgan fingerprint density at radius 2 is 2.03 bits per heavy atom. The van der Waals surface area contributed by atoms with Gasteiger partial charge in [-0.3, -0.25) is 0 Å². The van der Waals surface area contributed by atoms with E-state index < -0.39 is 9.84 Å². The van der Waals surface area contributed by atoms with Gasteiger partial charge in [0.05, 0.1) is 29.2 Å². The Hall–Kier alpha value is -2.49. The van der Waals surface area contributed by atoms with E-state index in [1.165, 1.54) is 6.26 Å². The molecule has 1 fully saturated rings. The minimum Gasteiger partial charge on any atom is -0.378 e. The van der Waals surface area contributed by atoms with E-state index in [2.05, 4.69) is 9.88 Å². The molecule has 30 heavy (non-hydrogen) atoms. The first-order chi connectivity index (χ1) is 14.5. The van der Waals surface area contributed by atoms with Gasteiger partial charge in [-0.2, -0.15) is 0 Å². The Bertz CT molecular complexity index is 1320. The van der Waals surface area contributed by atoms with Gasteiger partial charge in [0.1, 0.15) is 9.84 Å². The van der Waals surface area contributed by atoms with E-state index in [0.29, 0.717) is 25.5 Å². The quantitative estimate of drug-likeness (QED) is 0.510. The lowest BCUT2D eigenvalue weighted by atomic mass is 10.1. The number of rotatable bonds is 5. The van der Waals surface area contributed by atoms with E-state index in [1.807, 2.05) is 36.5 Å². The minimum absolute atomic E-state index is 0.135. The number of aryl methyl sites for hydroxylation is 1. The Balaban J connectivity index is 1.65. The number of nitrogens with zero attached hydrogens (tertiary/aromatic N) is 3. The number of fused-ring (bicyclic) bond motifs is 2. The Labute approximate surface area is 178 Å². The van der Waals surface area contributed by atoms with Gasteiger partial charge in [0.15, 0.2) is 11.6 Å². The standard InChI is InChI=1S/C21H22N4O3S2/c1-30(26,27)12-6-14-13-18-19(29-14)21(25-8-10-28-11-9-25)24-20(23-18)16-3-2-4-17-15(16)5-7-22-17/h2-5,7,13,22H,6,8-12H2,1H3. The van der Waals surface area contributed by atoms with Crippen LogP contribution in [0.25, 0.3) is 32.5 Å². The summed E-state index contributed by atoms with van der Waals surface area (Å²) in [4.78, 5) is 16.4. The minimum atomic E-state index is -3.02. The highest BCUT2D eigenvalue weighted by Gasteiger charge is 2.21. The van der Waals surface area contributed by atoms with Gasteiger partial charge in [0, 0.05) is 46.9 Å². The maximum atomic E-state index is 11.6. The van der Waals surface area contributed by atoms with Gasteiger partial charge in [-0.15, -0.1) is 11.3 Å². The highest BCUT2D eigenvalue weighted by Crippen LogP contribution is 2.36. The molecule has 0 aliphatic carbocycles. The van der Waals surface area contributed by atoms with Crippen LogP contribution in [0.2, 0.25) is 0 Å². The average molecular weight is 443 g/mol. The van der Waals surface area contributed by atoms with E-state index in [1.54, 1.807) is 11.3 Å². The first-order valence-corrected chi connectivity index (χ1v) is 12.7. The van der Waals surface area contributed by atoms with Gasteiger partial charge in [-0.25, -0.2) is 18.4 Å². The van der Waals surface area contributed by atoms with Crippen molar-refractivity contribution >= 4 is 48.1 Å². The van der Waals surface area contributed by atoms with Crippen LogP contribution in [0.5, 0.6) is 0 Å². The molecule has 7 nitrogen and oxygen atoms in total. The van der Waals surface area contributed by atoms with Crippen LogP contribution in [0.4, 0.5) is 5.82 Å². The number of nitrogens with one attached hydrogen (secondary N) is 1. The molecule has 1 N–H and O–H groups in total. The first-order valence-electron chi connectivity index (χ1n) is 9.85. The number of thiophene rings is 1. The molecule has 1 saturated heterocycles. The number of benzene rings is 1. The molecule has 0 bridgehead atoms. The predicted molar refractivity (Wildman–Crippen MR) is 121 cm³/mol.